The average Bonchev–Trinajstić information content (AvgIpc) is 3.37. The third kappa shape index (κ3) is 7.71. The Bertz CT molecular complexity index is 1020. The number of nitrogens with one attached hydrogen (secondary N) is 1. The predicted molar refractivity (Wildman–Crippen MR) is 138 cm³/mol. The number of rotatable bonds is 12. The predicted octanol–water partition coefficient (Wildman–Crippen LogP) is 5.41. The number of ether oxygens (including phenoxy) is 1. The number of thiophene rings is 1. The number of carbonyl (C=O) groups excluding carboxylic acids is 2. The van der Waals surface area contributed by atoms with E-state index in [9.17, 15) is 9.59 Å². The smallest absolute Gasteiger partial charge is 0.322 e. The zero-order valence-corrected chi connectivity index (χ0v) is 20.7. The van der Waals surface area contributed by atoms with Crippen molar-refractivity contribution in [2.24, 2.45) is 0 Å². The maximum Gasteiger partial charge on any atom is 0.322 e. The van der Waals surface area contributed by atoms with Gasteiger partial charge in [-0.25, -0.2) is 4.79 Å². The fourth-order valence-corrected chi connectivity index (χ4v) is 4.41. The summed E-state index contributed by atoms with van der Waals surface area (Å²) in [5.41, 5.74) is 2.89. The van der Waals surface area contributed by atoms with Crippen molar-refractivity contribution >= 4 is 29.0 Å². The van der Waals surface area contributed by atoms with Crippen molar-refractivity contribution < 1.29 is 14.3 Å². The van der Waals surface area contributed by atoms with Crippen molar-refractivity contribution in [3.8, 4) is 0 Å². The number of carbonyl (C=O) groups is 2. The molecule has 1 N–H and O–H groups in total. The fourth-order valence-electron chi connectivity index (χ4n) is 3.69. The molecule has 0 unspecified atom stereocenters. The van der Waals surface area contributed by atoms with Gasteiger partial charge in [-0.2, -0.15) is 0 Å². The van der Waals surface area contributed by atoms with E-state index in [0.29, 0.717) is 32.7 Å². The molecule has 3 amide bonds. The Balaban J connectivity index is 1.75. The molecule has 0 saturated heterocycles. The van der Waals surface area contributed by atoms with Gasteiger partial charge in [-0.1, -0.05) is 61.5 Å². The summed E-state index contributed by atoms with van der Waals surface area (Å²) < 4.78 is 5.18. The number of urea groups is 1. The zero-order chi connectivity index (χ0) is 24.2. The number of anilines is 1. The Morgan fingerprint density at radius 3 is 2.41 bits per heavy atom. The Morgan fingerprint density at radius 1 is 0.941 bits per heavy atom. The molecule has 0 fully saturated rings. The van der Waals surface area contributed by atoms with Gasteiger partial charge in [0, 0.05) is 37.4 Å². The van der Waals surface area contributed by atoms with Gasteiger partial charge in [-0.15, -0.1) is 11.3 Å². The SMILES string of the molecule is CCc1ccccc1NC(=O)N(CCCOC)CC(=O)N(Cc1ccccc1)Cc1cccs1. The minimum Gasteiger partial charge on any atom is -0.385 e. The summed E-state index contributed by atoms with van der Waals surface area (Å²) in [6.07, 6.45) is 1.46. The summed E-state index contributed by atoms with van der Waals surface area (Å²) in [5.74, 6) is -0.0893. The van der Waals surface area contributed by atoms with Crippen LogP contribution < -0.4 is 5.32 Å². The topological polar surface area (TPSA) is 61.9 Å². The minimum atomic E-state index is -0.277. The highest BCUT2D eigenvalue weighted by atomic mass is 32.1. The number of hydrogen-bond acceptors (Lipinski definition) is 4. The molecule has 0 aliphatic heterocycles. The first-order valence-electron chi connectivity index (χ1n) is 11.6. The molecule has 0 bridgehead atoms. The van der Waals surface area contributed by atoms with Crippen molar-refractivity contribution in [3.05, 3.63) is 88.1 Å². The van der Waals surface area contributed by atoms with E-state index < -0.39 is 0 Å². The van der Waals surface area contributed by atoms with E-state index in [0.717, 1.165) is 28.1 Å². The number of aryl methyl sites for hydroxylation is 1. The third-order valence-electron chi connectivity index (χ3n) is 5.53. The van der Waals surface area contributed by atoms with E-state index in [1.165, 1.54) is 0 Å². The second-order valence-corrected chi connectivity index (χ2v) is 9.06. The van der Waals surface area contributed by atoms with Gasteiger partial charge in [0.15, 0.2) is 0 Å². The molecule has 0 aliphatic rings. The summed E-state index contributed by atoms with van der Waals surface area (Å²) in [7, 11) is 1.63. The van der Waals surface area contributed by atoms with Crippen LogP contribution in [0.1, 0.15) is 29.3 Å². The molecule has 0 aliphatic carbocycles. The van der Waals surface area contributed by atoms with Crippen molar-refractivity contribution in [1.29, 1.82) is 0 Å². The highest BCUT2D eigenvalue weighted by Gasteiger charge is 2.22. The quantitative estimate of drug-likeness (QED) is 0.353. The second kappa shape index (κ2) is 13.5. The summed E-state index contributed by atoms with van der Waals surface area (Å²) in [6, 6.07) is 21.4. The van der Waals surface area contributed by atoms with E-state index in [1.807, 2.05) is 77.0 Å². The highest BCUT2D eigenvalue weighted by molar-refractivity contribution is 7.09. The number of hydrogen-bond donors (Lipinski definition) is 1. The molecule has 7 heteroatoms. The first-order valence-corrected chi connectivity index (χ1v) is 12.5. The maximum absolute atomic E-state index is 13.5. The first kappa shape index (κ1) is 25.5. The molecule has 6 nitrogen and oxygen atoms in total. The van der Waals surface area contributed by atoms with Gasteiger partial charge in [0.2, 0.25) is 5.91 Å². The molecule has 3 rings (SSSR count). The van der Waals surface area contributed by atoms with Gasteiger partial charge < -0.3 is 19.9 Å². The molecule has 2 aromatic carbocycles. The van der Waals surface area contributed by atoms with Gasteiger partial charge in [0.25, 0.3) is 0 Å². The van der Waals surface area contributed by atoms with Gasteiger partial charge >= 0.3 is 6.03 Å². The summed E-state index contributed by atoms with van der Waals surface area (Å²) in [4.78, 5) is 31.2. The third-order valence-corrected chi connectivity index (χ3v) is 6.39. The lowest BCUT2D eigenvalue weighted by Crippen LogP contribution is -2.44. The van der Waals surface area contributed by atoms with E-state index in [4.69, 9.17) is 4.74 Å². The number of methoxy groups -OCH3 is 1. The molecular weight excluding hydrogens is 446 g/mol. The van der Waals surface area contributed by atoms with Crippen LogP contribution in [0.5, 0.6) is 0 Å². The number of para-hydroxylation sites is 1. The molecule has 3 aromatic rings. The lowest BCUT2D eigenvalue weighted by molar-refractivity contribution is -0.133. The van der Waals surface area contributed by atoms with E-state index in [2.05, 4.69) is 12.2 Å². The largest absolute Gasteiger partial charge is 0.385 e. The summed E-state index contributed by atoms with van der Waals surface area (Å²) in [6.45, 7) is 4.00. The van der Waals surface area contributed by atoms with Crippen molar-refractivity contribution in [1.82, 2.24) is 9.80 Å². The molecular formula is C27H33N3O3S. The number of benzene rings is 2. The summed E-state index contributed by atoms with van der Waals surface area (Å²) >= 11 is 1.62. The Kier molecular flexibility index (Phi) is 10.1. The average molecular weight is 480 g/mol. The van der Waals surface area contributed by atoms with Gasteiger partial charge in [-0.05, 0) is 41.5 Å². The molecule has 180 valence electrons. The molecule has 1 aromatic heterocycles. The van der Waals surface area contributed by atoms with Crippen molar-refractivity contribution in [2.45, 2.75) is 32.9 Å². The monoisotopic (exact) mass is 479 g/mol. The minimum absolute atomic E-state index is 0.00203. The van der Waals surface area contributed by atoms with Crippen LogP contribution in [-0.2, 0) is 29.0 Å². The Hall–Kier alpha value is -3.16. The lowest BCUT2D eigenvalue weighted by atomic mass is 10.1. The maximum atomic E-state index is 13.5. The lowest BCUT2D eigenvalue weighted by Gasteiger charge is -2.28. The van der Waals surface area contributed by atoms with E-state index in [1.54, 1.807) is 23.3 Å². The van der Waals surface area contributed by atoms with Crippen molar-refractivity contribution in [3.63, 3.8) is 0 Å². The molecule has 0 radical (unpaired) electrons. The molecule has 1 heterocycles. The van der Waals surface area contributed by atoms with Crippen LogP contribution in [0.2, 0.25) is 0 Å². The molecule has 34 heavy (non-hydrogen) atoms. The van der Waals surface area contributed by atoms with Crippen LogP contribution in [0.4, 0.5) is 10.5 Å². The molecule has 0 saturated carbocycles. The Labute approximate surface area is 206 Å². The first-order chi connectivity index (χ1) is 16.6. The Morgan fingerprint density at radius 2 is 1.71 bits per heavy atom. The molecule has 0 atom stereocenters. The van der Waals surface area contributed by atoms with Crippen LogP contribution in [0.3, 0.4) is 0 Å². The second-order valence-electron chi connectivity index (χ2n) is 8.02. The highest BCUT2D eigenvalue weighted by Crippen LogP contribution is 2.18. The zero-order valence-electron chi connectivity index (χ0n) is 19.9. The van der Waals surface area contributed by atoms with Gasteiger partial charge in [0.05, 0.1) is 6.54 Å². The van der Waals surface area contributed by atoms with Crippen LogP contribution in [-0.4, -0.2) is 48.5 Å². The number of nitrogens with zero attached hydrogens (tertiary/aromatic N) is 2. The molecule has 0 spiro atoms. The standard InChI is InChI=1S/C27H33N3O3S/c1-3-23-13-7-8-15-25(23)28-27(32)29(16-10-17-33-2)21-26(31)30(20-24-14-9-18-34-24)19-22-11-5-4-6-12-22/h4-9,11-15,18H,3,10,16-17,19-21H2,1-2H3,(H,28,32). The van der Waals surface area contributed by atoms with E-state index >= 15 is 0 Å². The van der Waals surface area contributed by atoms with Gasteiger partial charge in [-0.3, -0.25) is 4.79 Å². The van der Waals surface area contributed by atoms with Crippen LogP contribution in [0.25, 0.3) is 0 Å². The van der Waals surface area contributed by atoms with Gasteiger partial charge in [0.1, 0.15) is 6.54 Å². The fraction of sp³-hybridized carbons (Fsp3) is 0.333. The normalized spacial score (nSPS) is 10.6. The van der Waals surface area contributed by atoms with Crippen LogP contribution in [0, 0.1) is 0 Å². The number of amides is 3. The van der Waals surface area contributed by atoms with Crippen LogP contribution in [0.15, 0.2) is 72.1 Å². The van der Waals surface area contributed by atoms with E-state index in [-0.39, 0.29) is 18.5 Å². The van der Waals surface area contributed by atoms with Crippen LogP contribution >= 0.6 is 11.3 Å². The summed E-state index contributed by atoms with van der Waals surface area (Å²) in [5, 5.41) is 5.02. The van der Waals surface area contributed by atoms with Crippen molar-refractivity contribution in [2.75, 3.05) is 32.1 Å².